The number of Topliss-reactive ketones (excluding diaryl/α,β-unsaturated/α-hetero) is 1. The molecule has 3 aliphatic rings. The zero-order valence-corrected chi connectivity index (χ0v) is 36.2. The average Bonchev–Trinajstić information content (AvgIpc) is 3.47. The van der Waals surface area contributed by atoms with E-state index in [2.05, 4.69) is 29.4 Å². The molecule has 1 fully saturated rings. The molecule has 14 heteroatoms. The monoisotopic (exact) mass is 838 g/mol. The second kappa shape index (κ2) is 17.0. The van der Waals surface area contributed by atoms with Gasteiger partial charge in [-0.25, -0.2) is 4.98 Å². The zero-order valence-electron chi connectivity index (χ0n) is 35.4. The van der Waals surface area contributed by atoms with Gasteiger partial charge in [0.1, 0.15) is 17.5 Å². The van der Waals surface area contributed by atoms with E-state index in [0.29, 0.717) is 15.8 Å². The van der Waals surface area contributed by atoms with Gasteiger partial charge >= 0.3 is 11.8 Å². The summed E-state index contributed by atoms with van der Waals surface area (Å²) in [6, 6.07) is 5.90. The van der Waals surface area contributed by atoms with E-state index in [1.54, 1.807) is 19.9 Å². The van der Waals surface area contributed by atoms with Crippen LogP contribution in [-0.2, 0) is 19.1 Å². The van der Waals surface area contributed by atoms with Gasteiger partial charge in [-0.15, -0.1) is 11.3 Å². The number of nitrogens with zero attached hydrogens (tertiary/aromatic N) is 2. The second-order valence-electron chi connectivity index (χ2n) is 16.9. The highest BCUT2D eigenvalue weighted by molar-refractivity contribution is 7.25. The lowest BCUT2D eigenvalue weighted by molar-refractivity contribution is -0.154. The van der Waals surface area contributed by atoms with Crippen molar-refractivity contribution < 1.29 is 38.8 Å². The minimum absolute atomic E-state index is 0.00392. The number of aromatic nitrogens is 1. The molecule has 4 bridgehead atoms. The number of piperazine rings is 1. The molecule has 3 aromatic carbocycles. The molecule has 4 aromatic rings. The number of aliphatic hydroxyl groups excluding tert-OH is 1. The molecule has 7 rings (SSSR count). The van der Waals surface area contributed by atoms with Crippen LogP contribution in [0.5, 0.6) is 11.5 Å². The molecule has 0 unspecified atom stereocenters. The van der Waals surface area contributed by atoms with Gasteiger partial charge in [0.15, 0.2) is 11.2 Å². The number of phenols is 1. The van der Waals surface area contributed by atoms with Crippen molar-refractivity contribution in [3.05, 3.63) is 75.7 Å². The van der Waals surface area contributed by atoms with Gasteiger partial charge in [-0.2, -0.15) is 0 Å². The number of aliphatic hydroxyl groups is 1. The minimum atomic E-state index is -1.97. The molecule has 318 valence electrons. The SMILES string of the molecule is CC(=O)O[C@@H]1[C@H](C)[C@@H](O)/C=C/O[C@@]2(C)Oc3c(C)c(=O)c4c(O)c(c5sc6cc(N7CCNCC7)ccc6nc5c4c3C2=O)NC(=O)/C(C)=C\C=C\[C@H](C)C[C@@H](C)C[C@H]1C. The number of fused-ring (bicyclic) bond motifs is 2. The smallest absolute Gasteiger partial charge is 0.312 e. The maximum absolute atomic E-state index is 14.6. The summed E-state index contributed by atoms with van der Waals surface area (Å²) < 4.78 is 19.1. The van der Waals surface area contributed by atoms with Crippen molar-refractivity contribution in [1.82, 2.24) is 10.3 Å². The predicted octanol–water partition coefficient (Wildman–Crippen LogP) is 7.28. The molecule has 4 N–H and O–H groups in total. The largest absolute Gasteiger partial charge is 0.505 e. The topological polar surface area (TPSA) is 177 Å². The fourth-order valence-electron chi connectivity index (χ4n) is 8.80. The highest BCUT2D eigenvalue weighted by Gasteiger charge is 2.49. The number of amides is 1. The third-order valence-electron chi connectivity index (χ3n) is 12.0. The first kappa shape index (κ1) is 42.8. The fraction of sp³-hybridized carbons (Fsp3) is 0.457. The van der Waals surface area contributed by atoms with Crippen LogP contribution in [0, 0.1) is 30.6 Å². The molecular formula is C46H54N4O9S. The van der Waals surface area contributed by atoms with Gasteiger partial charge in [0.25, 0.3) is 11.7 Å². The van der Waals surface area contributed by atoms with Crippen LogP contribution in [0.2, 0.25) is 0 Å². The van der Waals surface area contributed by atoms with Crippen LogP contribution >= 0.6 is 11.3 Å². The highest BCUT2D eigenvalue weighted by atomic mass is 32.1. The number of aromatic hydroxyl groups is 1. The van der Waals surface area contributed by atoms with Crippen molar-refractivity contribution in [2.45, 2.75) is 86.2 Å². The van der Waals surface area contributed by atoms with Crippen LogP contribution in [0.3, 0.4) is 0 Å². The Kier molecular flexibility index (Phi) is 12.1. The summed E-state index contributed by atoms with van der Waals surface area (Å²) in [4.78, 5) is 62.4. The first-order valence-corrected chi connectivity index (χ1v) is 21.5. The standard InChI is InChI=1S/C46H54N4O9S/c1-23-10-9-11-25(3)45(56)49-38-40(54)35-34(37-43(38)60-33-22-30(12-13-31(33)48-37)50-17-15-47-16-18-50)36-42(28(6)39(35)53)59-46(8,44(36)55)57-19-14-32(52)27(5)41(58-29(7)51)26(4)21-24(2)20-23/h9-14,19,22-24,26-27,32,41,47,52,54H,15-18,20-21H2,1-8H3,(H,49,56)/b10-9+,19-14+,25-11-/t23-,24+,26+,27+,32-,41-,46-/m0/s1. The minimum Gasteiger partial charge on any atom is -0.505 e. The number of nitrogens with one attached hydrogen (secondary N) is 2. The van der Waals surface area contributed by atoms with Gasteiger partial charge in [0.05, 0.1) is 43.7 Å². The molecule has 60 heavy (non-hydrogen) atoms. The number of rotatable bonds is 2. The molecule has 0 aliphatic carbocycles. The van der Waals surface area contributed by atoms with E-state index in [-0.39, 0.29) is 56.6 Å². The molecule has 0 spiro atoms. The molecule has 3 aliphatic heterocycles. The summed E-state index contributed by atoms with van der Waals surface area (Å²) in [6.45, 7) is 17.3. The number of carbonyl (C=O) groups is 3. The van der Waals surface area contributed by atoms with Crippen LogP contribution in [-0.4, -0.2) is 77.0 Å². The molecular weight excluding hydrogens is 785 g/mol. The number of hydrogen-bond acceptors (Lipinski definition) is 13. The Morgan fingerprint density at radius 3 is 2.50 bits per heavy atom. The quantitative estimate of drug-likeness (QED) is 0.0688. The van der Waals surface area contributed by atoms with Gasteiger partial charge in [0.2, 0.25) is 0 Å². The molecule has 4 heterocycles. The Hall–Kier alpha value is -5.31. The molecule has 7 atom stereocenters. The van der Waals surface area contributed by atoms with Crippen molar-refractivity contribution in [3.8, 4) is 11.5 Å². The summed E-state index contributed by atoms with van der Waals surface area (Å²) >= 11 is 1.29. The number of anilines is 2. The Bertz CT molecular complexity index is 2540. The number of ketones is 1. The summed E-state index contributed by atoms with van der Waals surface area (Å²) in [5.74, 6) is -4.34. The van der Waals surface area contributed by atoms with Crippen LogP contribution in [0.15, 0.2) is 59.1 Å². The summed E-state index contributed by atoms with van der Waals surface area (Å²) in [5.41, 5.74) is 1.64. The predicted molar refractivity (Wildman–Crippen MR) is 235 cm³/mol. The first-order chi connectivity index (χ1) is 28.5. The van der Waals surface area contributed by atoms with E-state index in [0.717, 1.165) is 49.4 Å². The van der Waals surface area contributed by atoms with Gasteiger partial charge < -0.3 is 40.0 Å². The molecule has 1 saturated heterocycles. The summed E-state index contributed by atoms with van der Waals surface area (Å²) in [6.07, 6.45) is 7.92. The molecule has 0 saturated carbocycles. The second-order valence-corrected chi connectivity index (χ2v) is 17.9. The fourth-order valence-corrected chi connectivity index (χ4v) is 9.92. The number of allylic oxidation sites excluding steroid dienone is 3. The van der Waals surface area contributed by atoms with Crippen molar-refractivity contribution in [1.29, 1.82) is 0 Å². The Balaban J connectivity index is 1.42. The lowest BCUT2D eigenvalue weighted by Gasteiger charge is -2.32. The summed E-state index contributed by atoms with van der Waals surface area (Å²) in [5, 5.41) is 29.7. The maximum Gasteiger partial charge on any atom is 0.312 e. The number of carbonyl (C=O) groups excluding carboxylic acids is 3. The highest BCUT2D eigenvalue weighted by Crippen LogP contribution is 2.49. The van der Waals surface area contributed by atoms with Crippen LogP contribution in [0.4, 0.5) is 11.4 Å². The van der Waals surface area contributed by atoms with E-state index in [1.165, 1.54) is 44.4 Å². The van der Waals surface area contributed by atoms with Gasteiger partial charge in [-0.3, -0.25) is 19.2 Å². The lowest BCUT2D eigenvalue weighted by atomic mass is 9.82. The van der Waals surface area contributed by atoms with E-state index in [9.17, 15) is 29.4 Å². The maximum atomic E-state index is 14.6. The average molecular weight is 839 g/mol. The van der Waals surface area contributed by atoms with Crippen molar-refractivity contribution in [2.75, 3.05) is 36.4 Å². The Morgan fingerprint density at radius 2 is 1.78 bits per heavy atom. The normalized spacial score (nSPS) is 28.9. The van der Waals surface area contributed by atoms with Crippen molar-refractivity contribution in [2.24, 2.45) is 23.7 Å². The Morgan fingerprint density at radius 1 is 1.05 bits per heavy atom. The van der Waals surface area contributed by atoms with Crippen molar-refractivity contribution >= 4 is 71.6 Å². The van der Waals surface area contributed by atoms with E-state index in [1.807, 2.05) is 37.3 Å². The third-order valence-corrected chi connectivity index (χ3v) is 13.2. The first-order valence-electron chi connectivity index (χ1n) is 20.6. The number of hydrogen-bond donors (Lipinski definition) is 4. The summed E-state index contributed by atoms with van der Waals surface area (Å²) in [7, 11) is 0. The number of benzene rings is 3. The van der Waals surface area contributed by atoms with Gasteiger partial charge in [-0.05, 0) is 68.7 Å². The van der Waals surface area contributed by atoms with Crippen LogP contribution < -0.4 is 25.7 Å². The van der Waals surface area contributed by atoms with E-state index in [4.69, 9.17) is 19.2 Å². The molecule has 0 radical (unpaired) electrons. The Labute approximate surface area is 353 Å². The third kappa shape index (κ3) is 8.12. The van der Waals surface area contributed by atoms with Gasteiger partial charge in [-0.1, -0.05) is 45.9 Å². The zero-order chi connectivity index (χ0) is 43.2. The van der Waals surface area contributed by atoms with Crippen LogP contribution in [0.1, 0.15) is 77.2 Å². The van der Waals surface area contributed by atoms with E-state index < -0.39 is 52.8 Å². The lowest BCUT2D eigenvalue weighted by Crippen LogP contribution is -2.43. The molecule has 13 nitrogen and oxygen atoms in total. The van der Waals surface area contributed by atoms with E-state index >= 15 is 0 Å². The molecule has 1 amide bonds. The number of esters is 1. The number of ether oxygens (including phenoxy) is 3. The van der Waals surface area contributed by atoms with Gasteiger partial charge in [0, 0.05) is 68.2 Å². The van der Waals surface area contributed by atoms with Crippen molar-refractivity contribution in [3.63, 3.8) is 0 Å². The van der Waals surface area contributed by atoms with Crippen LogP contribution in [0.25, 0.3) is 31.2 Å². The molecule has 1 aromatic heterocycles. The number of phenolic OH excluding ortho intramolecular Hbond substituents is 1.